The number of hydrogen-bond donors (Lipinski definition) is 0. The van der Waals surface area contributed by atoms with Gasteiger partial charge in [-0.3, -0.25) is 4.57 Å². The highest BCUT2D eigenvalue weighted by Gasteiger charge is 2.36. The number of pyridine rings is 1. The number of benzene rings is 1. The summed E-state index contributed by atoms with van der Waals surface area (Å²) in [5, 5.41) is 9.58. The maximum atomic E-state index is 6.11. The maximum absolute atomic E-state index is 6.11. The van der Waals surface area contributed by atoms with E-state index in [4.69, 9.17) is 11.6 Å². The summed E-state index contributed by atoms with van der Waals surface area (Å²) in [4.78, 5) is 4.51. The van der Waals surface area contributed by atoms with Gasteiger partial charge in [-0.05, 0) is 51.0 Å². The predicted octanol–water partition coefficient (Wildman–Crippen LogP) is 4.52. The molecule has 1 aromatic carbocycles. The van der Waals surface area contributed by atoms with E-state index >= 15 is 0 Å². The van der Waals surface area contributed by atoms with Crippen LogP contribution >= 0.6 is 11.6 Å². The Kier molecular flexibility index (Phi) is 3.65. The minimum absolute atomic E-state index is 0.402. The summed E-state index contributed by atoms with van der Waals surface area (Å²) < 4.78 is 2.19. The molecule has 122 valence electrons. The van der Waals surface area contributed by atoms with Crippen LogP contribution in [0.25, 0.3) is 5.69 Å². The van der Waals surface area contributed by atoms with Gasteiger partial charge in [0.15, 0.2) is 0 Å². The molecule has 0 atom stereocenters. The van der Waals surface area contributed by atoms with Crippen molar-refractivity contribution < 1.29 is 0 Å². The van der Waals surface area contributed by atoms with Crippen LogP contribution in [0, 0.1) is 0 Å². The van der Waals surface area contributed by atoms with Crippen molar-refractivity contribution in [1.82, 2.24) is 19.7 Å². The molecule has 0 aliphatic heterocycles. The summed E-state index contributed by atoms with van der Waals surface area (Å²) in [6, 6.07) is 16.0. The second-order valence-electron chi connectivity index (χ2n) is 6.80. The topological polar surface area (TPSA) is 43.6 Å². The Morgan fingerprint density at radius 2 is 1.75 bits per heavy atom. The highest BCUT2D eigenvalue weighted by molar-refractivity contribution is 6.29. The molecule has 0 unspecified atom stereocenters. The van der Waals surface area contributed by atoms with Crippen LogP contribution in [0.5, 0.6) is 0 Å². The van der Waals surface area contributed by atoms with Gasteiger partial charge < -0.3 is 0 Å². The lowest BCUT2D eigenvalue weighted by Gasteiger charge is -2.24. The molecule has 4 nitrogen and oxygen atoms in total. The molecule has 24 heavy (non-hydrogen) atoms. The molecule has 0 amide bonds. The highest BCUT2D eigenvalue weighted by Crippen LogP contribution is 2.42. The molecular formula is C19H19ClN4. The third-order valence-electron chi connectivity index (χ3n) is 4.56. The van der Waals surface area contributed by atoms with Crippen LogP contribution in [0.1, 0.15) is 49.9 Å². The fourth-order valence-electron chi connectivity index (χ4n) is 3.01. The molecular weight excluding hydrogens is 320 g/mol. The molecule has 0 radical (unpaired) electrons. The molecule has 4 rings (SSSR count). The fourth-order valence-corrected chi connectivity index (χ4v) is 3.17. The standard InChI is InChI=1S/C19H19ClN4/c1-19(2,15-9-6-10-16(20)21-15)18-23-22-17(13-11-12-13)24(18)14-7-4-3-5-8-14/h3-10,13H,11-12H2,1-2H3. The minimum atomic E-state index is -0.402. The van der Waals surface area contributed by atoms with Crippen molar-refractivity contribution in [1.29, 1.82) is 0 Å². The Labute approximate surface area is 146 Å². The monoisotopic (exact) mass is 338 g/mol. The Morgan fingerprint density at radius 3 is 2.42 bits per heavy atom. The Balaban J connectivity index is 1.89. The van der Waals surface area contributed by atoms with Gasteiger partial charge in [-0.1, -0.05) is 35.9 Å². The van der Waals surface area contributed by atoms with E-state index in [2.05, 4.69) is 45.7 Å². The quantitative estimate of drug-likeness (QED) is 0.657. The van der Waals surface area contributed by atoms with E-state index in [1.54, 1.807) is 6.07 Å². The number of halogens is 1. The zero-order valence-corrected chi connectivity index (χ0v) is 14.5. The van der Waals surface area contributed by atoms with E-state index in [1.807, 2.05) is 30.3 Å². The van der Waals surface area contributed by atoms with Gasteiger partial charge in [0.25, 0.3) is 0 Å². The Morgan fingerprint density at radius 1 is 1.00 bits per heavy atom. The molecule has 2 heterocycles. The number of rotatable bonds is 4. The summed E-state index contributed by atoms with van der Waals surface area (Å²) in [6.45, 7) is 4.23. The average Bonchev–Trinajstić information content (AvgIpc) is 3.33. The van der Waals surface area contributed by atoms with Crippen molar-refractivity contribution in [3.63, 3.8) is 0 Å². The van der Waals surface area contributed by atoms with Crippen LogP contribution in [-0.2, 0) is 5.41 Å². The van der Waals surface area contributed by atoms with Crippen LogP contribution in [0.2, 0.25) is 5.15 Å². The predicted molar refractivity (Wildman–Crippen MR) is 94.7 cm³/mol. The molecule has 0 N–H and O–H groups in total. The first-order valence-electron chi connectivity index (χ1n) is 8.21. The summed E-state index contributed by atoms with van der Waals surface area (Å²) in [5.74, 6) is 2.45. The largest absolute Gasteiger partial charge is 0.282 e. The number of nitrogens with zero attached hydrogens (tertiary/aromatic N) is 4. The van der Waals surface area contributed by atoms with E-state index in [0.717, 1.165) is 23.0 Å². The SMILES string of the molecule is CC(C)(c1cccc(Cl)n1)c1nnc(C2CC2)n1-c1ccccc1. The van der Waals surface area contributed by atoms with E-state index in [-0.39, 0.29) is 0 Å². The van der Waals surface area contributed by atoms with Gasteiger partial charge in [0.05, 0.1) is 11.1 Å². The third kappa shape index (κ3) is 2.61. The molecule has 0 spiro atoms. The summed E-state index contributed by atoms with van der Waals surface area (Å²) >= 11 is 6.11. The van der Waals surface area contributed by atoms with Gasteiger partial charge in [-0.25, -0.2) is 4.98 Å². The zero-order valence-electron chi connectivity index (χ0n) is 13.8. The van der Waals surface area contributed by atoms with Gasteiger partial charge in [-0.2, -0.15) is 0 Å². The Hall–Kier alpha value is -2.20. The van der Waals surface area contributed by atoms with Crippen molar-refractivity contribution in [2.24, 2.45) is 0 Å². The molecule has 1 aliphatic rings. The van der Waals surface area contributed by atoms with Gasteiger partial charge in [-0.15, -0.1) is 10.2 Å². The molecule has 0 saturated heterocycles. The van der Waals surface area contributed by atoms with Gasteiger partial charge >= 0.3 is 0 Å². The van der Waals surface area contributed by atoms with E-state index < -0.39 is 5.41 Å². The maximum Gasteiger partial charge on any atom is 0.149 e. The third-order valence-corrected chi connectivity index (χ3v) is 4.77. The van der Waals surface area contributed by atoms with Gasteiger partial charge in [0.1, 0.15) is 16.8 Å². The molecule has 1 aliphatic carbocycles. The smallest absolute Gasteiger partial charge is 0.149 e. The van der Waals surface area contributed by atoms with Crippen molar-refractivity contribution in [3.05, 3.63) is 71.0 Å². The molecule has 2 aromatic heterocycles. The lowest BCUT2D eigenvalue weighted by Crippen LogP contribution is -2.26. The molecule has 1 saturated carbocycles. The first-order valence-corrected chi connectivity index (χ1v) is 8.59. The van der Waals surface area contributed by atoms with Crippen molar-refractivity contribution >= 4 is 11.6 Å². The minimum Gasteiger partial charge on any atom is -0.282 e. The first-order chi connectivity index (χ1) is 11.6. The number of hydrogen-bond acceptors (Lipinski definition) is 3. The van der Waals surface area contributed by atoms with Gasteiger partial charge in [0, 0.05) is 11.6 Å². The normalized spacial score (nSPS) is 14.8. The summed E-state index contributed by atoms with van der Waals surface area (Å²) in [6.07, 6.45) is 2.36. The summed E-state index contributed by atoms with van der Waals surface area (Å²) in [7, 11) is 0. The fraction of sp³-hybridized carbons (Fsp3) is 0.316. The lowest BCUT2D eigenvalue weighted by atomic mass is 9.87. The second-order valence-corrected chi connectivity index (χ2v) is 7.18. The van der Waals surface area contributed by atoms with E-state index in [9.17, 15) is 0 Å². The molecule has 3 aromatic rings. The van der Waals surface area contributed by atoms with E-state index in [1.165, 1.54) is 12.8 Å². The van der Waals surface area contributed by atoms with Crippen LogP contribution < -0.4 is 0 Å². The van der Waals surface area contributed by atoms with Crippen LogP contribution in [0.3, 0.4) is 0 Å². The Bertz CT molecular complexity index is 866. The number of para-hydroxylation sites is 1. The second kappa shape index (κ2) is 5.71. The number of aromatic nitrogens is 4. The van der Waals surface area contributed by atoms with Crippen molar-refractivity contribution in [2.45, 2.75) is 38.0 Å². The zero-order chi connectivity index (χ0) is 16.7. The van der Waals surface area contributed by atoms with Crippen LogP contribution in [0.4, 0.5) is 0 Å². The molecule has 1 fully saturated rings. The van der Waals surface area contributed by atoms with Gasteiger partial charge in [0.2, 0.25) is 0 Å². The summed E-state index contributed by atoms with van der Waals surface area (Å²) in [5.41, 5.74) is 1.58. The lowest BCUT2D eigenvalue weighted by molar-refractivity contribution is 0.556. The average molecular weight is 339 g/mol. The molecule has 5 heteroatoms. The van der Waals surface area contributed by atoms with Crippen LogP contribution in [0.15, 0.2) is 48.5 Å². The first kappa shape index (κ1) is 15.3. The molecule has 0 bridgehead atoms. The van der Waals surface area contributed by atoms with Crippen molar-refractivity contribution in [2.75, 3.05) is 0 Å². The van der Waals surface area contributed by atoms with Crippen molar-refractivity contribution in [3.8, 4) is 5.69 Å². The highest BCUT2D eigenvalue weighted by atomic mass is 35.5. The van der Waals surface area contributed by atoms with Crippen LogP contribution in [-0.4, -0.2) is 19.7 Å². The van der Waals surface area contributed by atoms with E-state index in [0.29, 0.717) is 11.1 Å².